The monoisotopic (exact) mass is 340 g/mol. The van der Waals surface area contributed by atoms with E-state index in [1.165, 1.54) is 0 Å². The fraction of sp³-hybridized carbons (Fsp3) is 0.250. The van der Waals surface area contributed by atoms with Crippen LogP contribution in [0.15, 0.2) is 42.2 Å². The molecule has 130 valence electrons. The maximum Gasteiger partial charge on any atom is 0.231 e. The van der Waals surface area contributed by atoms with E-state index in [9.17, 15) is 4.79 Å². The van der Waals surface area contributed by atoms with Gasteiger partial charge in [-0.25, -0.2) is 0 Å². The van der Waals surface area contributed by atoms with Gasteiger partial charge in [0.15, 0.2) is 17.3 Å². The van der Waals surface area contributed by atoms with Crippen molar-refractivity contribution in [1.29, 1.82) is 0 Å². The second-order valence-electron chi connectivity index (χ2n) is 5.37. The molecule has 2 aromatic rings. The van der Waals surface area contributed by atoms with E-state index < -0.39 is 0 Å². The van der Waals surface area contributed by atoms with Crippen LogP contribution >= 0.6 is 0 Å². The first kappa shape index (κ1) is 16.9. The Kier molecular flexibility index (Phi) is 4.93. The Balaban J connectivity index is 1.88. The molecule has 0 fully saturated rings. The number of carbonyl (C=O) groups is 1. The maximum atomic E-state index is 12.5. The van der Waals surface area contributed by atoms with E-state index in [1.54, 1.807) is 31.4 Å². The summed E-state index contributed by atoms with van der Waals surface area (Å²) in [5.41, 5.74) is 1.33. The number of hydrogen-bond acceptors (Lipinski definition) is 5. The van der Waals surface area contributed by atoms with Crippen molar-refractivity contribution in [2.24, 2.45) is 0 Å². The van der Waals surface area contributed by atoms with Gasteiger partial charge in [-0.1, -0.05) is 6.07 Å². The first-order chi connectivity index (χ1) is 12.2. The summed E-state index contributed by atoms with van der Waals surface area (Å²) >= 11 is 0. The Morgan fingerprint density at radius 3 is 2.52 bits per heavy atom. The van der Waals surface area contributed by atoms with Gasteiger partial charge in [0.2, 0.25) is 5.78 Å². The van der Waals surface area contributed by atoms with Crippen molar-refractivity contribution in [2.45, 2.75) is 13.8 Å². The SMILES string of the molecule is CCOc1ccc2c(c1)O/C(=C\c1ccc(OCC)c(OC)c1)C2=O. The lowest BCUT2D eigenvalue weighted by atomic mass is 10.1. The number of fused-ring (bicyclic) bond motifs is 1. The van der Waals surface area contributed by atoms with E-state index in [0.717, 1.165) is 5.56 Å². The van der Waals surface area contributed by atoms with Crippen LogP contribution in [0, 0.1) is 0 Å². The number of benzene rings is 2. The van der Waals surface area contributed by atoms with E-state index in [1.807, 2.05) is 32.0 Å². The van der Waals surface area contributed by atoms with Crippen molar-refractivity contribution in [1.82, 2.24) is 0 Å². The first-order valence-corrected chi connectivity index (χ1v) is 8.18. The maximum absolute atomic E-state index is 12.5. The summed E-state index contributed by atoms with van der Waals surface area (Å²) in [5.74, 6) is 2.59. The van der Waals surface area contributed by atoms with Crippen LogP contribution in [0.5, 0.6) is 23.0 Å². The van der Waals surface area contributed by atoms with Crippen LogP contribution in [0.25, 0.3) is 6.08 Å². The van der Waals surface area contributed by atoms with Crippen LogP contribution in [-0.2, 0) is 0 Å². The lowest BCUT2D eigenvalue weighted by molar-refractivity contribution is 0.101. The number of methoxy groups -OCH3 is 1. The second kappa shape index (κ2) is 7.30. The molecule has 2 aromatic carbocycles. The zero-order valence-electron chi connectivity index (χ0n) is 14.5. The Morgan fingerprint density at radius 1 is 1.00 bits per heavy atom. The topological polar surface area (TPSA) is 54.0 Å². The van der Waals surface area contributed by atoms with Crippen LogP contribution in [-0.4, -0.2) is 26.1 Å². The molecule has 25 heavy (non-hydrogen) atoms. The average Bonchev–Trinajstić information content (AvgIpc) is 2.92. The molecule has 3 rings (SSSR count). The highest BCUT2D eigenvalue weighted by atomic mass is 16.5. The van der Waals surface area contributed by atoms with Gasteiger partial charge < -0.3 is 18.9 Å². The standard InChI is InChI=1S/C20H20O5/c1-4-23-14-7-8-15-17(12-14)25-19(20(15)21)11-13-6-9-16(24-5-2)18(10-13)22-3/h6-12H,4-5H2,1-3H3/b19-11-. The molecule has 0 N–H and O–H groups in total. The van der Waals surface area contributed by atoms with Crippen LogP contribution in [0.4, 0.5) is 0 Å². The van der Waals surface area contributed by atoms with Gasteiger partial charge in [-0.3, -0.25) is 4.79 Å². The summed E-state index contributed by atoms with van der Waals surface area (Å²) in [6.07, 6.45) is 1.70. The lowest BCUT2D eigenvalue weighted by Gasteiger charge is -2.09. The Hall–Kier alpha value is -2.95. The van der Waals surface area contributed by atoms with Crippen LogP contribution in [0.3, 0.4) is 0 Å². The summed E-state index contributed by atoms with van der Waals surface area (Å²) < 4.78 is 22.0. The Bertz CT molecular complexity index is 823. The molecule has 0 spiro atoms. The highest BCUT2D eigenvalue weighted by Gasteiger charge is 2.27. The van der Waals surface area contributed by atoms with Crippen LogP contribution in [0.1, 0.15) is 29.8 Å². The summed E-state index contributed by atoms with van der Waals surface area (Å²) in [7, 11) is 1.58. The van der Waals surface area contributed by atoms with Crippen LogP contribution in [0.2, 0.25) is 0 Å². The van der Waals surface area contributed by atoms with E-state index in [2.05, 4.69) is 0 Å². The van der Waals surface area contributed by atoms with E-state index in [-0.39, 0.29) is 11.5 Å². The minimum absolute atomic E-state index is 0.147. The first-order valence-electron chi connectivity index (χ1n) is 8.18. The van der Waals surface area contributed by atoms with Crippen molar-refractivity contribution in [3.8, 4) is 23.0 Å². The van der Waals surface area contributed by atoms with Crippen molar-refractivity contribution in [3.63, 3.8) is 0 Å². The van der Waals surface area contributed by atoms with Gasteiger partial charge in [-0.05, 0) is 49.8 Å². The molecule has 0 saturated carbocycles. The molecule has 5 nitrogen and oxygen atoms in total. The number of ketones is 1. The molecule has 1 heterocycles. The zero-order valence-corrected chi connectivity index (χ0v) is 14.5. The molecule has 0 amide bonds. The fourth-order valence-corrected chi connectivity index (χ4v) is 2.62. The number of Topliss-reactive ketones (excluding diaryl/α,β-unsaturated/α-hetero) is 1. The lowest BCUT2D eigenvalue weighted by Crippen LogP contribution is -1.99. The number of rotatable bonds is 6. The predicted octanol–water partition coefficient (Wildman–Crippen LogP) is 4.11. The summed E-state index contributed by atoms with van der Waals surface area (Å²) in [6, 6.07) is 10.7. The quantitative estimate of drug-likeness (QED) is 0.741. The number of allylic oxidation sites excluding steroid dienone is 1. The van der Waals surface area contributed by atoms with Crippen molar-refractivity contribution < 1.29 is 23.7 Å². The molecule has 1 aliphatic heterocycles. The number of hydrogen-bond donors (Lipinski definition) is 0. The molecule has 0 radical (unpaired) electrons. The van der Waals surface area contributed by atoms with Crippen molar-refractivity contribution in [2.75, 3.05) is 20.3 Å². The zero-order chi connectivity index (χ0) is 17.8. The number of ether oxygens (including phenoxy) is 4. The summed E-state index contributed by atoms with van der Waals surface area (Å²) in [4.78, 5) is 12.5. The number of carbonyl (C=O) groups excluding carboxylic acids is 1. The van der Waals surface area contributed by atoms with Gasteiger partial charge in [-0.2, -0.15) is 0 Å². The largest absolute Gasteiger partial charge is 0.494 e. The van der Waals surface area contributed by atoms with Gasteiger partial charge in [0.25, 0.3) is 0 Å². The average molecular weight is 340 g/mol. The predicted molar refractivity (Wildman–Crippen MR) is 94.7 cm³/mol. The van der Waals surface area contributed by atoms with E-state index in [4.69, 9.17) is 18.9 Å². The molecular formula is C20H20O5. The van der Waals surface area contributed by atoms with E-state index >= 15 is 0 Å². The minimum Gasteiger partial charge on any atom is -0.494 e. The molecule has 1 aliphatic rings. The normalized spacial score (nSPS) is 14.2. The Labute approximate surface area is 146 Å². The fourth-order valence-electron chi connectivity index (χ4n) is 2.62. The Morgan fingerprint density at radius 2 is 1.80 bits per heavy atom. The second-order valence-corrected chi connectivity index (χ2v) is 5.37. The molecule has 0 aromatic heterocycles. The highest BCUT2D eigenvalue weighted by molar-refractivity contribution is 6.14. The third kappa shape index (κ3) is 3.45. The molecule has 0 unspecified atom stereocenters. The third-order valence-electron chi connectivity index (χ3n) is 3.74. The minimum atomic E-state index is -0.147. The molecule has 0 bridgehead atoms. The van der Waals surface area contributed by atoms with Gasteiger partial charge >= 0.3 is 0 Å². The highest BCUT2D eigenvalue weighted by Crippen LogP contribution is 2.36. The van der Waals surface area contributed by atoms with Gasteiger partial charge in [-0.15, -0.1) is 0 Å². The molecule has 5 heteroatoms. The van der Waals surface area contributed by atoms with Crippen molar-refractivity contribution in [3.05, 3.63) is 53.3 Å². The smallest absolute Gasteiger partial charge is 0.231 e. The molecular weight excluding hydrogens is 320 g/mol. The molecule has 0 aliphatic carbocycles. The van der Waals surface area contributed by atoms with Gasteiger partial charge in [0.1, 0.15) is 11.5 Å². The van der Waals surface area contributed by atoms with Gasteiger partial charge in [0.05, 0.1) is 25.9 Å². The molecule has 0 saturated heterocycles. The third-order valence-corrected chi connectivity index (χ3v) is 3.74. The van der Waals surface area contributed by atoms with Crippen LogP contribution < -0.4 is 18.9 Å². The van der Waals surface area contributed by atoms with Gasteiger partial charge in [0, 0.05) is 6.07 Å². The molecule has 0 atom stereocenters. The summed E-state index contributed by atoms with van der Waals surface area (Å²) in [5, 5.41) is 0. The van der Waals surface area contributed by atoms with E-state index in [0.29, 0.717) is 41.8 Å². The van der Waals surface area contributed by atoms with Crippen molar-refractivity contribution >= 4 is 11.9 Å². The summed E-state index contributed by atoms with van der Waals surface area (Å²) in [6.45, 7) is 4.93.